The van der Waals surface area contributed by atoms with E-state index >= 15 is 0 Å². The van der Waals surface area contributed by atoms with Crippen LogP contribution in [0.3, 0.4) is 0 Å². The number of carbonyl (C=O) groups excluding carboxylic acids is 2. The number of para-hydroxylation sites is 1. The molecule has 5 heteroatoms. The van der Waals surface area contributed by atoms with E-state index in [1.54, 1.807) is 55.6 Å². The van der Waals surface area contributed by atoms with E-state index in [9.17, 15) is 14.7 Å². The second-order valence-electron chi connectivity index (χ2n) is 5.57. The molecule has 1 atom stereocenters. The van der Waals surface area contributed by atoms with E-state index in [0.29, 0.717) is 22.6 Å². The molecule has 0 saturated heterocycles. The summed E-state index contributed by atoms with van der Waals surface area (Å²) in [5, 5.41) is 10.9. The fourth-order valence-corrected chi connectivity index (χ4v) is 2.92. The Morgan fingerprint density at radius 1 is 1.22 bits per heavy atom. The monoisotopic (exact) mass is 311 g/mol. The van der Waals surface area contributed by atoms with Crippen LogP contribution in [0.2, 0.25) is 0 Å². The zero-order valence-electron chi connectivity index (χ0n) is 12.9. The summed E-state index contributed by atoms with van der Waals surface area (Å²) in [6.07, 6.45) is -0.305. The van der Waals surface area contributed by atoms with Crippen molar-refractivity contribution in [2.24, 2.45) is 0 Å². The molecule has 1 aliphatic heterocycles. The second-order valence-corrected chi connectivity index (χ2v) is 5.57. The van der Waals surface area contributed by atoms with Crippen LogP contribution >= 0.6 is 0 Å². The SMILES string of the molecule is COc1cccc(C(=O)C[C@@]2(O)C(=O)N(C)c3ccccc32)c1. The highest BCUT2D eigenvalue weighted by molar-refractivity contribution is 6.10. The highest BCUT2D eigenvalue weighted by atomic mass is 16.5. The number of benzene rings is 2. The predicted octanol–water partition coefficient (Wildman–Crippen LogP) is 2.13. The van der Waals surface area contributed by atoms with Gasteiger partial charge in [0.05, 0.1) is 19.2 Å². The highest BCUT2D eigenvalue weighted by Crippen LogP contribution is 2.41. The van der Waals surface area contributed by atoms with E-state index in [4.69, 9.17) is 4.74 Å². The minimum atomic E-state index is -1.83. The van der Waals surface area contributed by atoms with Crippen molar-refractivity contribution in [2.75, 3.05) is 19.1 Å². The van der Waals surface area contributed by atoms with E-state index < -0.39 is 11.5 Å². The molecule has 1 amide bonds. The fourth-order valence-electron chi connectivity index (χ4n) is 2.92. The summed E-state index contributed by atoms with van der Waals surface area (Å²) in [6.45, 7) is 0. The van der Waals surface area contributed by atoms with Crippen molar-refractivity contribution in [2.45, 2.75) is 12.0 Å². The number of amides is 1. The van der Waals surface area contributed by atoms with Gasteiger partial charge in [-0.1, -0.05) is 30.3 Å². The van der Waals surface area contributed by atoms with Gasteiger partial charge in [-0.05, 0) is 18.2 Å². The van der Waals surface area contributed by atoms with Gasteiger partial charge in [-0.3, -0.25) is 9.59 Å². The predicted molar refractivity (Wildman–Crippen MR) is 85.7 cm³/mol. The first-order chi connectivity index (χ1) is 11.0. The Labute approximate surface area is 134 Å². The molecule has 0 fully saturated rings. The second kappa shape index (κ2) is 5.52. The zero-order chi connectivity index (χ0) is 16.6. The molecule has 0 bridgehead atoms. The smallest absolute Gasteiger partial charge is 0.263 e. The minimum Gasteiger partial charge on any atom is -0.497 e. The largest absolute Gasteiger partial charge is 0.497 e. The molecule has 118 valence electrons. The van der Waals surface area contributed by atoms with Crippen molar-refractivity contribution in [3.8, 4) is 5.75 Å². The van der Waals surface area contributed by atoms with Gasteiger partial charge < -0.3 is 14.7 Å². The van der Waals surface area contributed by atoms with Crippen molar-refractivity contribution >= 4 is 17.4 Å². The van der Waals surface area contributed by atoms with Crippen LogP contribution < -0.4 is 9.64 Å². The average molecular weight is 311 g/mol. The molecule has 0 aromatic heterocycles. The van der Waals surface area contributed by atoms with Gasteiger partial charge in [-0.2, -0.15) is 0 Å². The van der Waals surface area contributed by atoms with Crippen LogP contribution in [-0.4, -0.2) is 31.0 Å². The zero-order valence-corrected chi connectivity index (χ0v) is 12.9. The van der Waals surface area contributed by atoms with Gasteiger partial charge in [0.25, 0.3) is 5.91 Å². The maximum Gasteiger partial charge on any atom is 0.263 e. The van der Waals surface area contributed by atoms with Gasteiger partial charge in [0.1, 0.15) is 5.75 Å². The Bertz CT molecular complexity index is 786. The van der Waals surface area contributed by atoms with Gasteiger partial charge in [0, 0.05) is 18.2 Å². The van der Waals surface area contributed by atoms with Crippen molar-refractivity contribution in [3.05, 3.63) is 59.7 Å². The normalized spacial score (nSPS) is 19.6. The summed E-state index contributed by atoms with van der Waals surface area (Å²) in [4.78, 5) is 26.4. The maximum atomic E-state index is 12.5. The lowest BCUT2D eigenvalue weighted by molar-refractivity contribution is -0.135. The van der Waals surface area contributed by atoms with Gasteiger partial charge in [-0.15, -0.1) is 0 Å². The number of methoxy groups -OCH3 is 1. The molecule has 23 heavy (non-hydrogen) atoms. The summed E-state index contributed by atoms with van der Waals surface area (Å²) in [5.74, 6) is -0.252. The summed E-state index contributed by atoms with van der Waals surface area (Å²) in [7, 11) is 3.11. The lowest BCUT2D eigenvalue weighted by Gasteiger charge is -2.21. The first-order valence-electron chi connectivity index (χ1n) is 7.24. The molecular formula is C18H17NO4. The Hall–Kier alpha value is -2.66. The Balaban J connectivity index is 1.95. The molecule has 0 saturated carbocycles. The lowest BCUT2D eigenvalue weighted by atomic mass is 9.88. The van der Waals surface area contributed by atoms with Gasteiger partial charge >= 0.3 is 0 Å². The van der Waals surface area contributed by atoms with Crippen molar-refractivity contribution in [3.63, 3.8) is 0 Å². The molecule has 0 unspecified atom stereocenters. The number of anilines is 1. The molecule has 0 spiro atoms. The number of rotatable bonds is 4. The number of carbonyl (C=O) groups is 2. The third kappa shape index (κ3) is 2.39. The van der Waals surface area contributed by atoms with Crippen LogP contribution in [0.1, 0.15) is 22.3 Å². The van der Waals surface area contributed by atoms with E-state index in [1.807, 2.05) is 0 Å². The van der Waals surface area contributed by atoms with Crippen molar-refractivity contribution < 1.29 is 19.4 Å². The molecule has 2 aromatic carbocycles. The number of Topliss-reactive ketones (excluding diaryl/α,β-unsaturated/α-hetero) is 1. The molecular weight excluding hydrogens is 294 g/mol. The number of hydrogen-bond donors (Lipinski definition) is 1. The van der Waals surface area contributed by atoms with E-state index in [2.05, 4.69) is 0 Å². The van der Waals surface area contributed by atoms with Crippen LogP contribution in [0.15, 0.2) is 48.5 Å². The van der Waals surface area contributed by atoms with Crippen LogP contribution in [0.4, 0.5) is 5.69 Å². The first kappa shape index (κ1) is 15.2. The Morgan fingerprint density at radius 2 is 1.96 bits per heavy atom. The Kier molecular flexibility index (Phi) is 3.66. The molecule has 0 radical (unpaired) electrons. The highest BCUT2D eigenvalue weighted by Gasteiger charge is 2.49. The molecule has 3 rings (SSSR count). The molecule has 0 aliphatic carbocycles. The average Bonchev–Trinajstić information content (AvgIpc) is 2.77. The Morgan fingerprint density at radius 3 is 2.70 bits per heavy atom. The molecule has 1 N–H and O–H groups in total. The number of fused-ring (bicyclic) bond motifs is 1. The third-order valence-corrected chi connectivity index (χ3v) is 4.18. The molecule has 1 aliphatic rings. The first-order valence-corrected chi connectivity index (χ1v) is 7.24. The van der Waals surface area contributed by atoms with Crippen LogP contribution in [0, 0.1) is 0 Å². The van der Waals surface area contributed by atoms with Crippen LogP contribution in [0.5, 0.6) is 5.75 Å². The number of hydrogen-bond acceptors (Lipinski definition) is 4. The topological polar surface area (TPSA) is 66.8 Å². The number of ether oxygens (including phenoxy) is 1. The van der Waals surface area contributed by atoms with Gasteiger partial charge in [0.15, 0.2) is 11.4 Å². The minimum absolute atomic E-state index is 0.305. The fraction of sp³-hybridized carbons (Fsp3) is 0.222. The lowest BCUT2D eigenvalue weighted by Crippen LogP contribution is -2.40. The molecule has 5 nitrogen and oxygen atoms in total. The maximum absolute atomic E-state index is 12.5. The van der Waals surface area contributed by atoms with Gasteiger partial charge in [-0.25, -0.2) is 0 Å². The number of nitrogens with zero attached hydrogens (tertiary/aromatic N) is 1. The van der Waals surface area contributed by atoms with E-state index in [0.717, 1.165) is 0 Å². The van der Waals surface area contributed by atoms with E-state index in [1.165, 1.54) is 12.0 Å². The summed E-state index contributed by atoms with van der Waals surface area (Å²) in [5.41, 5.74) is -0.342. The quantitative estimate of drug-likeness (QED) is 0.879. The summed E-state index contributed by atoms with van der Waals surface area (Å²) in [6, 6.07) is 13.6. The van der Waals surface area contributed by atoms with E-state index in [-0.39, 0.29) is 12.2 Å². The molecule has 2 aromatic rings. The van der Waals surface area contributed by atoms with Crippen LogP contribution in [-0.2, 0) is 10.4 Å². The number of aliphatic hydroxyl groups is 1. The third-order valence-electron chi connectivity index (χ3n) is 4.18. The summed E-state index contributed by atoms with van der Waals surface area (Å²) < 4.78 is 5.10. The number of likely N-dealkylation sites (N-methyl/N-ethyl adjacent to an activating group) is 1. The summed E-state index contributed by atoms with van der Waals surface area (Å²) >= 11 is 0. The number of ketones is 1. The van der Waals surface area contributed by atoms with Crippen LogP contribution in [0.25, 0.3) is 0 Å². The van der Waals surface area contributed by atoms with Crippen molar-refractivity contribution in [1.29, 1.82) is 0 Å². The standard InChI is InChI=1S/C18H17NO4/c1-19-15-9-4-3-8-14(15)18(22,17(19)21)11-16(20)12-6-5-7-13(10-12)23-2/h3-10,22H,11H2,1-2H3/t18-/m0/s1. The molecule has 1 heterocycles. The van der Waals surface area contributed by atoms with Gasteiger partial charge in [0.2, 0.25) is 0 Å². The van der Waals surface area contributed by atoms with Crippen molar-refractivity contribution in [1.82, 2.24) is 0 Å².